The average Bonchev–Trinajstić information content (AvgIpc) is 3.11. The number of rotatable bonds is 8. The summed E-state index contributed by atoms with van der Waals surface area (Å²) in [7, 11) is 1.73. The summed E-state index contributed by atoms with van der Waals surface area (Å²) in [6, 6.07) is 7.51. The van der Waals surface area contributed by atoms with Gasteiger partial charge in [-0.2, -0.15) is 0 Å². The van der Waals surface area contributed by atoms with E-state index < -0.39 is 0 Å². The van der Waals surface area contributed by atoms with Crippen molar-refractivity contribution in [3.63, 3.8) is 0 Å². The summed E-state index contributed by atoms with van der Waals surface area (Å²) in [5.41, 5.74) is 1.70. The maximum absolute atomic E-state index is 11.8. The maximum atomic E-state index is 11.8. The van der Waals surface area contributed by atoms with Gasteiger partial charge in [-0.3, -0.25) is 9.79 Å². The summed E-state index contributed by atoms with van der Waals surface area (Å²) in [4.78, 5) is 16.0. The van der Waals surface area contributed by atoms with Crippen LogP contribution in [0.15, 0.2) is 29.3 Å². The van der Waals surface area contributed by atoms with Crippen molar-refractivity contribution in [1.29, 1.82) is 0 Å². The average molecular weight is 362 g/mol. The molecule has 0 radical (unpaired) electrons. The number of amides is 1. The van der Waals surface area contributed by atoms with Crippen LogP contribution in [0.3, 0.4) is 0 Å². The molecular formula is C19H30N4O3. The molecule has 7 heteroatoms. The first-order valence-electron chi connectivity index (χ1n) is 9.13. The highest BCUT2D eigenvalue weighted by Crippen LogP contribution is 2.31. The smallest absolute Gasteiger partial charge is 0.251 e. The standard InChI is InChI=1S/C19H30N4O3/c1-3-21-17(25)16-6-4-15(5-7-16)12-22-18(20-2)23-13-19(8-10-24)9-11-26-14-19/h4-7,24H,3,8-14H2,1-2H3,(H,21,25)(H2,20,22,23). The van der Waals surface area contributed by atoms with Crippen LogP contribution >= 0.6 is 0 Å². The molecule has 144 valence electrons. The van der Waals surface area contributed by atoms with Gasteiger partial charge in [-0.1, -0.05) is 12.1 Å². The summed E-state index contributed by atoms with van der Waals surface area (Å²) >= 11 is 0. The van der Waals surface area contributed by atoms with Crippen molar-refractivity contribution >= 4 is 11.9 Å². The molecule has 1 aromatic carbocycles. The van der Waals surface area contributed by atoms with E-state index in [0.29, 0.717) is 37.8 Å². The predicted molar refractivity (Wildman–Crippen MR) is 102 cm³/mol. The lowest BCUT2D eigenvalue weighted by Gasteiger charge is -2.27. The number of aliphatic imine (C=N–C) groups is 1. The Labute approximate surface area is 155 Å². The summed E-state index contributed by atoms with van der Waals surface area (Å²) < 4.78 is 5.51. The number of hydrogen-bond donors (Lipinski definition) is 4. The third-order valence-electron chi connectivity index (χ3n) is 4.69. The zero-order valence-electron chi connectivity index (χ0n) is 15.7. The van der Waals surface area contributed by atoms with E-state index in [1.807, 2.05) is 31.2 Å². The Morgan fingerprint density at radius 1 is 1.27 bits per heavy atom. The second-order valence-electron chi connectivity index (χ2n) is 6.61. The van der Waals surface area contributed by atoms with E-state index in [1.54, 1.807) is 7.05 Å². The van der Waals surface area contributed by atoms with E-state index in [1.165, 1.54) is 0 Å². The van der Waals surface area contributed by atoms with Gasteiger partial charge in [0.1, 0.15) is 0 Å². The second kappa shape index (κ2) is 10.1. The van der Waals surface area contributed by atoms with Crippen LogP contribution in [0.5, 0.6) is 0 Å². The maximum Gasteiger partial charge on any atom is 0.251 e. The number of guanidine groups is 1. The lowest BCUT2D eigenvalue weighted by Crippen LogP contribution is -2.44. The van der Waals surface area contributed by atoms with Gasteiger partial charge in [-0.25, -0.2) is 0 Å². The number of carbonyl (C=O) groups is 1. The van der Waals surface area contributed by atoms with Crippen LogP contribution in [0.4, 0.5) is 0 Å². The molecule has 0 saturated carbocycles. The molecule has 1 aliphatic heterocycles. The van der Waals surface area contributed by atoms with Crippen LogP contribution in [0.25, 0.3) is 0 Å². The van der Waals surface area contributed by atoms with Crippen molar-refractivity contribution in [3.05, 3.63) is 35.4 Å². The van der Waals surface area contributed by atoms with Crippen molar-refractivity contribution in [2.75, 3.05) is 40.0 Å². The highest BCUT2D eigenvalue weighted by molar-refractivity contribution is 5.94. The monoisotopic (exact) mass is 362 g/mol. The van der Waals surface area contributed by atoms with E-state index in [9.17, 15) is 9.90 Å². The normalized spacial score (nSPS) is 20.0. The zero-order chi connectivity index (χ0) is 18.8. The van der Waals surface area contributed by atoms with Gasteiger partial charge < -0.3 is 25.8 Å². The van der Waals surface area contributed by atoms with Crippen molar-refractivity contribution < 1.29 is 14.6 Å². The Morgan fingerprint density at radius 2 is 2.04 bits per heavy atom. The number of nitrogens with one attached hydrogen (secondary N) is 3. The molecule has 4 N–H and O–H groups in total. The van der Waals surface area contributed by atoms with Crippen LogP contribution in [0, 0.1) is 5.41 Å². The van der Waals surface area contributed by atoms with E-state index in [0.717, 1.165) is 25.0 Å². The number of ether oxygens (including phenoxy) is 1. The molecule has 0 aliphatic carbocycles. The lowest BCUT2D eigenvalue weighted by atomic mass is 9.84. The topological polar surface area (TPSA) is 95.0 Å². The highest BCUT2D eigenvalue weighted by atomic mass is 16.5. The molecule has 1 amide bonds. The third-order valence-corrected chi connectivity index (χ3v) is 4.69. The first kappa shape index (κ1) is 20.2. The lowest BCUT2D eigenvalue weighted by molar-refractivity contribution is 0.0956. The van der Waals surface area contributed by atoms with Gasteiger partial charge in [-0.05, 0) is 37.5 Å². The first-order valence-corrected chi connectivity index (χ1v) is 9.13. The van der Waals surface area contributed by atoms with Crippen LogP contribution < -0.4 is 16.0 Å². The van der Waals surface area contributed by atoms with E-state index in [4.69, 9.17) is 4.74 Å². The molecule has 1 unspecified atom stereocenters. The first-order chi connectivity index (χ1) is 12.6. The number of hydrogen-bond acceptors (Lipinski definition) is 4. The summed E-state index contributed by atoms with van der Waals surface area (Å²) in [5, 5.41) is 18.7. The molecule has 1 fully saturated rings. The van der Waals surface area contributed by atoms with Crippen molar-refractivity contribution in [2.24, 2.45) is 10.4 Å². The number of aliphatic hydroxyl groups is 1. The predicted octanol–water partition coefficient (Wildman–Crippen LogP) is 0.890. The zero-order valence-corrected chi connectivity index (χ0v) is 15.7. The van der Waals surface area contributed by atoms with Crippen molar-refractivity contribution in [3.8, 4) is 0 Å². The SMILES string of the molecule is CCNC(=O)c1ccc(CNC(=NC)NCC2(CCO)CCOC2)cc1. The fraction of sp³-hybridized carbons (Fsp3) is 0.579. The molecule has 2 rings (SSSR count). The number of carbonyl (C=O) groups excluding carboxylic acids is 1. The Hall–Kier alpha value is -2.12. The minimum atomic E-state index is -0.0579. The second-order valence-corrected chi connectivity index (χ2v) is 6.61. The van der Waals surface area contributed by atoms with Crippen LogP contribution in [0.2, 0.25) is 0 Å². The van der Waals surface area contributed by atoms with Gasteiger partial charge in [-0.15, -0.1) is 0 Å². The van der Waals surface area contributed by atoms with Gasteiger partial charge in [0, 0.05) is 50.9 Å². The van der Waals surface area contributed by atoms with Crippen molar-refractivity contribution in [1.82, 2.24) is 16.0 Å². The number of nitrogens with zero attached hydrogens (tertiary/aromatic N) is 1. The van der Waals surface area contributed by atoms with Gasteiger partial charge in [0.05, 0.1) is 6.61 Å². The minimum Gasteiger partial charge on any atom is -0.396 e. The molecule has 1 atom stereocenters. The largest absolute Gasteiger partial charge is 0.396 e. The van der Waals surface area contributed by atoms with Gasteiger partial charge in [0.2, 0.25) is 0 Å². The van der Waals surface area contributed by atoms with Crippen LogP contribution in [0.1, 0.15) is 35.7 Å². The Morgan fingerprint density at radius 3 is 2.62 bits per heavy atom. The van der Waals surface area contributed by atoms with Gasteiger partial charge in [0.25, 0.3) is 5.91 Å². The molecule has 1 aromatic rings. The molecule has 0 aromatic heterocycles. The van der Waals surface area contributed by atoms with Gasteiger partial charge >= 0.3 is 0 Å². The summed E-state index contributed by atoms with van der Waals surface area (Å²) in [6.07, 6.45) is 1.66. The van der Waals surface area contributed by atoms with E-state index in [-0.39, 0.29) is 17.9 Å². The van der Waals surface area contributed by atoms with Crippen LogP contribution in [-0.2, 0) is 11.3 Å². The molecule has 1 heterocycles. The molecule has 1 saturated heterocycles. The quantitative estimate of drug-likeness (QED) is 0.407. The highest BCUT2D eigenvalue weighted by Gasteiger charge is 2.34. The molecule has 0 bridgehead atoms. The molecule has 1 aliphatic rings. The molecule has 7 nitrogen and oxygen atoms in total. The van der Waals surface area contributed by atoms with Crippen LogP contribution in [-0.4, -0.2) is 56.9 Å². The molecular weight excluding hydrogens is 332 g/mol. The fourth-order valence-electron chi connectivity index (χ4n) is 3.03. The number of aliphatic hydroxyl groups excluding tert-OH is 1. The molecule has 0 spiro atoms. The van der Waals surface area contributed by atoms with E-state index >= 15 is 0 Å². The molecule has 26 heavy (non-hydrogen) atoms. The number of benzene rings is 1. The Kier molecular flexibility index (Phi) is 7.87. The minimum absolute atomic E-state index is 0.0271. The summed E-state index contributed by atoms with van der Waals surface area (Å²) in [5.74, 6) is 0.652. The van der Waals surface area contributed by atoms with E-state index in [2.05, 4.69) is 20.9 Å². The fourth-order valence-corrected chi connectivity index (χ4v) is 3.03. The Bertz CT molecular complexity index is 595. The van der Waals surface area contributed by atoms with Crippen molar-refractivity contribution in [2.45, 2.75) is 26.3 Å². The Balaban J connectivity index is 1.84. The third kappa shape index (κ3) is 5.71. The summed E-state index contributed by atoms with van der Waals surface area (Å²) in [6.45, 7) is 5.41. The van der Waals surface area contributed by atoms with Gasteiger partial charge in [0.15, 0.2) is 5.96 Å².